The Labute approximate surface area is 655 Å². The van der Waals surface area contributed by atoms with E-state index in [1.54, 1.807) is 125 Å². The predicted molar refractivity (Wildman–Crippen MR) is 405 cm³/mol. The van der Waals surface area contributed by atoms with Crippen LogP contribution in [0.25, 0.3) is 0 Å². The molecule has 0 spiro atoms. The molecule has 4 saturated heterocycles. The molecule has 20 atom stereocenters. The highest BCUT2D eigenvalue weighted by atomic mass is 16.8. The van der Waals surface area contributed by atoms with Gasteiger partial charge in [0.1, 0.15) is 24.9 Å². The van der Waals surface area contributed by atoms with Gasteiger partial charge in [-0.15, -0.1) is 0 Å². The first-order valence-corrected chi connectivity index (χ1v) is 37.8. The number of hydrogen-bond donors (Lipinski definition) is 2. The van der Waals surface area contributed by atoms with Crippen LogP contribution < -0.4 is 0 Å². The summed E-state index contributed by atoms with van der Waals surface area (Å²) in [7, 11) is 0. The van der Waals surface area contributed by atoms with Crippen molar-refractivity contribution < 1.29 is 115 Å². The van der Waals surface area contributed by atoms with Gasteiger partial charge in [0.15, 0.2) is 61.8 Å². The molecule has 25 nitrogen and oxygen atoms in total. The monoisotopic (exact) mass is 1550 g/mol. The van der Waals surface area contributed by atoms with Gasteiger partial charge in [0.2, 0.25) is 0 Å². The number of esters is 4. The van der Waals surface area contributed by atoms with Gasteiger partial charge in [-0.1, -0.05) is 229 Å². The van der Waals surface area contributed by atoms with Gasteiger partial charge >= 0.3 is 41.9 Å². The number of carboxylic acids is 2. The van der Waals surface area contributed by atoms with Gasteiger partial charge < -0.3 is 86.2 Å². The van der Waals surface area contributed by atoms with Crippen LogP contribution in [0.2, 0.25) is 0 Å². The Hall–Kier alpha value is -10.6. The van der Waals surface area contributed by atoms with E-state index in [0.29, 0.717) is 0 Å². The molecule has 113 heavy (non-hydrogen) atoms. The van der Waals surface area contributed by atoms with Crippen molar-refractivity contribution in [3.05, 3.63) is 287 Å². The number of hydrogen-bond acceptors (Lipinski definition) is 22. The highest BCUT2D eigenvalue weighted by molar-refractivity contribution is 5.91. The molecule has 594 valence electrons. The molecule has 4 aliphatic rings. The zero-order valence-corrected chi connectivity index (χ0v) is 63.1. The number of benzene rings is 8. The second-order valence-corrected chi connectivity index (χ2v) is 28.5. The van der Waals surface area contributed by atoms with Crippen molar-refractivity contribution in [1.29, 1.82) is 0 Å². The van der Waals surface area contributed by atoms with E-state index in [9.17, 15) is 39.0 Å². The van der Waals surface area contributed by atoms with Gasteiger partial charge in [-0.2, -0.15) is 0 Å². The summed E-state index contributed by atoms with van der Waals surface area (Å²) in [6.07, 6.45) is -23.5. The molecule has 8 aromatic rings. The lowest BCUT2D eigenvalue weighted by atomic mass is 9.83. The lowest BCUT2D eigenvalue weighted by Gasteiger charge is -2.51. The molecule has 8 aromatic carbocycles. The van der Waals surface area contributed by atoms with Gasteiger partial charge in [0, 0.05) is 36.8 Å². The summed E-state index contributed by atoms with van der Waals surface area (Å²) in [5, 5.41) is 22.1. The summed E-state index contributed by atoms with van der Waals surface area (Å²) in [5.41, 5.74) is 3.65. The Morgan fingerprint density at radius 3 is 1.06 bits per heavy atom. The van der Waals surface area contributed by atoms with Crippen LogP contribution >= 0.6 is 0 Å². The average Bonchev–Trinajstić information content (AvgIpc) is 0.798. The molecule has 20 unspecified atom stereocenters. The van der Waals surface area contributed by atoms with Crippen LogP contribution in [0.5, 0.6) is 0 Å². The Bertz CT molecular complexity index is 4350. The van der Waals surface area contributed by atoms with Crippen LogP contribution in [0.3, 0.4) is 0 Å². The summed E-state index contributed by atoms with van der Waals surface area (Å²) in [6, 6.07) is 69.4. The molecule has 4 fully saturated rings. The zero-order chi connectivity index (χ0) is 79.3. The van der Waals surface area contributed by atoms with Crippen LogP contribution in [0, 0.1) is 29.6 Å². The number of carbonyl (C=O) groups excluding carboxylic acids is 5. The molecule has 25 heteroatoms. The standard InChI is InChI=1S/C88H93NO24/c1-54-55(2)74(105-80(94)63-38-22-10-23-39-63)86(112-72(54)78(90)91)109-70-57(4)76(107-82(96)65-42-26-12-27-43-65)85(104-68(70)53-100-50-61-34-18-8-19-35-61)111-71-58(5)73(79(92)93)113-87(77(71)108-83(97)66-44-28-13-29-45-66)110-69-56(3)75(106-81(95)64-40-24-11-25-41-64)84(103-67(69)52-99-49-60-32-16-7-17-33-60)101-47-46-89(48-59-30-14-6-15-31-59)88(98)102-51-62-36-20-9-21-37-62/h6-45,54-58,67-77,84-87H,46-53H2,1-5H3,(H,90,91)(H,92,93). The number of rotatable bonds is 32. The predicted octanol–water partition coefficient (Wildman–Crippen LogP) is 12.6. The number of carbonyl (C=O) groups is 7. The SMILES string of the molecule is CC1C(C(=O)O)OC(OC2C(COCc3ccccc3)OC(OC3C(C)C(C(=O)O)OC(OC4C(COCc5ccccc5)OC(OCCN(Cc5ccccc5)C(=O)OCc5ccccc5)C(OC(=O)c5ccccc5)C4C)C3OC(=O)c3ccccc3)C(OC(=O)c3ccccc3)C2C)C(OC(=O)c2ccccc2)C1C. The lowest BCUT2D eigenvalue weighted by molar-refractivity contribution is -0.373. The van der Waals surface area contributed by atoms with E-state index in [1.165, 1.54) is 36.1 Å². The van der Waals surface area contributed by atoms with Crippen molar-refractivity contribution in [3.63, 3.8) is 0 Å². The van der Waals surface area contributed by atoms with Crippen LogP contribution in [-0.4, -0.2) is 176 Å². The Kier molecular flexibility index (Phi) is 28.8. The molecule has 0 bridgehead atoms. The fraction of sp³-hybridized carbons (Fsp3) is 0.375. The molecule has 0 saturated carbocycles. The van der Waals surface area contributed by atoms with E-state index in [2.05, 4.69) is 0 Å². The Morgan fingerprint density at radius 2 is 0.655 bits per heavy atom. The minimum absolute atomic E-state index is 0.0122. The molecule has 0 aliphatic carbocycles. The quantitative estimate of drug-likeness (QED) is 0.0292. The first kappa shape index (κ1) is 81.9. The number of nitrogens with zero attached hydrogens (tertiary/aromatic N) is 1. The molecule has 4 aliphatic heterocycles. The van der Waals surface area contributed by atoms with E-state index in [0.717, 1.165) is 22.3 Å². The van der Waals surface area contributed by atoms with Gasteiger partial charge in [-0.05, 0) is 76.7 Å². The first-order valence-electron chi connectivity index (χ1n) is 37.8. The Morgan fingerprint density at radius 1 is 0.336 bits per heavy atom. The smallest absolute Gasteiger partial charge is 0.410 e. The van der Waals surface area contributed by atoms with E-state index >= 15 is 4.79 Å². The van der Waals surface area contributed by atoms with Gasteiger partial charge in [-0.3, -0.25) is 0 Å². The zero-order valence-electron chi connectivity index (χ0n) is 63.1. The third-order valence-electron chi connectivity index (χ3n) is 20.7. The van der Waals surface area contributed by atoms with Crippen molar-refractivity contribution in [1.82, 2.24) is 4.90 Å². The maximum absolute atomic E-state index is 15.0. The van der Waals surface area contributed by atoms with Crippen molar-refractivity contribution in [2.24, 2.45) is 29.6 Å². The molecule has 4 heterocycles. The highest BCUT2D eigenvalue weighted by Gasteiger charge is 2.59. The minimum atomic E-state index is -1.94. The third kappa shape index (κ3) is 21.4. The van der Waals surface area contributed by atoms with Crippen LogP contribution in [0.1, 0.15) is 98.3 Å². The number of aliphatic carboxylic acids is 2. The molecular weight excluding hydrogens is 1450 g/mol. The van der Waals surface area contributed by atoms with Crippen LogP contribution in [0.4, 0.5) is 4.79 Å². The highest BCUT2D eigenvalue weighted by Crippen LogP contribution is 2.43. The fourth-order valence-corrected chi connectivity index (χ4v) is 14.3. The van der Waals surface area contributed by atoms with Crippen molar-refractivity contribution >= 4 is 41.9 Å². The van der Waals surface area contributed by atoms with Gasteiger partial charge in [0.05, 0.1) is 67.5 Å². The van der Waals surface area contributed by atoms with Gasteiger partial charge in [0.25, 0.3) is 0 Å². The molecule has 1 amide bonds. The molecule has 0 aromatic heterocycles. The van der Waals surface area contributed by atoms with Crippen molar-refractivity contribution in [2.75, 3.05) is 26.4 Å². The van der Waals surface area contributed by atoms with Crippen molar-refractivity contribution in [3.8, 4) is 0 Å². The van der Waals surface area contributed by atoms with E-state index in [-0.39, 0.29) is 75.0 Å². The average molecular weight is 1550 g/mol. The largest absolute Gasteiger partial charge is 0.479 e. The van der Waals surface area contributed by atoms with Gasteiger partial charge in [-0.25, -0.2) is 33.6 Å². The minimum Gasteiger partial charge on any atom is -0.479 e. The van der Waals surface area contributed by atoms with Crippen LogP contribution in [-0.2, 0) is 107 Å². The van der Waals surface area contributed by atoms with Crippen LogP contribution in [0.15, 0.2) is 243 Å². The second-order valence-electron chi connectivity index (χ2n) is 28.5. The van der Waals surface area contributed by atoms with Crippen molar-refractivity contribution in [2.45, 2.75) is 153 Å². The summed E-state index contributed by atoms with van der Waals surface area (Å²) in [6.45, 7) is 7.65. The molecule has 2 N–H and O–H groups in total. The Balaban J connectivity index is 0.914. The number of ether oxygens (including phenoxy) is 15. The normalized spacial score (nSPS) is 27.5. The molecular formula is C88H93NO24. The maximum Gasteiger partial charge on any atom is 0.410 e. The summed E-state index contributed by atoms with van der Waals surface area (Å²) in [5.74, 6) is -11.0. The molecule has 12 rings (SSSR count). The summed E-state index contributed by atoms with van der Waals surface area (Å²) < 4.78 is 99.7. The molecule has 0 radical (unpaired) electrons. The third-order valence-corrected chi connectivity index (χ3v) is 20.7. The van der Waals surface area contributed by atoms with E-state index < -0.39 is 164 Å². The first-order chi connectivity index (χ1) is 54.8. The maximum atomic E-state index is 15.0. The van der Waals surface area contributed by atoms with E-state index in [1.807, 2.05) is 121 Å². The second kappa shape index (κ2) is 39.8. The summed E-state index contributed by atoms with van der Waals surface area (Å²) >= 11 is 0. The lowest BCUT2D eigenvalue weighted by Crippen LogP contribution is -2.65. The number of carboxylic acid groups (broad SMARTS) is 2. The van der Waals surface area contributed by atoms with E-state index in [4.69, 9.17) is 71.1 Å². The fourth-order valence-electron chi connectivity index (χ4n) is 14.3. The topological polar surface area (TPSA) is 302 Å². The number of amides is 1. The summed E-state index contributed by atoms with van der Waals surface area (Å²) in [4.78, 5) is 101.